The maximum absolute atomic E-state index is 14.4. The molecule has 2 aromatic carbocycles. The van der Waals surface area contributed by atoms with Crippen LogP contribution < -0.4 is 11.5 Å². The van der Waals surface area contributed by atoms with Crippen molar-refractivity contribution in [2.45, 2.75) is 27.6 Å². The largest absolute Gasteiger partial charge is 0.411 e. The lowest BCUT2D eigenvalue weighted by Crippen LogP contribution is -2.54. The van der Waals surface area contributed by atoms with Crippen LogP contribution in [0.4, 0.5) is 26.3 Å². The second kappa shape index (κ2) is 8.25. The van der Waals surface area contributed by atoms with Crippen LogP contribution in [-0.4, -0.2) is 12.4 Å². The minimum Gasteiger partial charge on any atom is -0.398 e. The first kappa shape index (κ1) is 23.4. The fourth-order valence-corrected chi connectivity index (χ4v) is 7.18. The molecule has 0 aliphatic carbocycles. The molecule has 2 aromatic rings. The molecule has 2 atom stereocenters. The molecule has 2 aliphatic heterocycles. The van der Waals surface area contributed by atoms with Crippen molar-refractivity contribution in [3.8, 4) is 0 Å². The van der Waals surface area contributed by atoms with Crippen molar-refractivity contribution in [2.75, 3.05) is 0 Å². The van der Waals surface area contributed by atoms with Gasteiger partial charge >= 0.3 is 12.4 Å². The van der Waals surface area contributed by atoms with Crippen molar-refractivity contribution in [3.05, 3.63) is 105 Å². The van der Waals surface area contributed by atoms with Crippen LogP contribution in [0.5, 0.6) is 0 Å². The molecule has 33 heavy (non-hydrogen) atoms. The second-order valence-corrected chi connectivity index (χ2v) is 11.3. The van der Waals surface area contributed by atoms with Gasteiger partial charge in [-0.3, -0.25) is 0 Å². The molecule has 2 heterocycles. The van der Waals surface area contributed by atoms with Crippen LogP contribution in [0.3, 0.4) is 0 Å². The third-order valence-corrected chi connectivity index (χ3v) is 9.36. The fourth-order valence-electron chi connectivity index (χ4n) is 3.90. The Labute approximate surface area is 192 Å². The Balaban J connectivity index is 1.82. The topological polar surface area (TPSA) is 52.0 Å². The second-order valence-electron chi connectivity index (χ2n) is 7.54. The van der Waals surface area contributed by atoms with Gasteiger partial charge in [-0.2, -0.15) is 48.1 Å². The summed E-state index contributed by atoms with van der Waals surface area (Å²) in [6, 6.07) is 8.88. The van der Waals surface area contributed by atoms with Gasteiger partial charge in [-0.25, -0.2) is 0 Å². The van der Waals surface area contributed by atoms with Crippen molar-refractivity contribution >= 4 is 21.8 Å². The molecule has 0 radical (unpaired) electrons. The Kier molecular flexibility index (Phi) is 5.86. The van der Waals surface area contributed by atoms with E-state index in [9.17, 15) is 26.3 Å². The van der Waals surface area contributed by atoms with E-state index in [1.54, 1.807) is 33.8 Å². The van der Waals surface area contributed by atoms with E-state index in [1.165, 1.54) is 24.3 Å². The average molecular weight is 503 g/mol. The van der Waals surface area contributed by atoms with E-state index in [0.29, 0.717) is 21.2 Å². The lowest BCUT2D eigenvalue weighted by atomic mass is 9.73. The monoisotopic (exact) mass is 502 g/mol. The Hall–Kier alpha value is -2.72. The zero-order valence-electron chi connectivity index (χ0n) is 16.9. The van der Waals surface area contributed by atoms with Gasteiger partial charge in [-0.05, 0) is 79.0 Å². The molecule has 4 N–H and O–H groups in total. The molecule has 0 spiro atoms. The zero-order valence-corrected chi connectivity index (χ0v) is 18.7. The van der Waals surface area contributed by atoms with Crippen LogP contribution in [0.1, 0.15) is 11.1 Å². The van der Waals surface area contributed by atoms with Crippen LogP contribution in [-0.2, 0) is 5.41 Å². The first-order valence-corrected chi connectivity index (χ1v) is 12.6. The highest BCUT2D eigenvalue weighted by atomic mass is 32.2. The maximum atomic E-state index is 14.4. The Morgan fingerprint density at radius 1 is 0.545 bits per heavy atom. The number of halogens is 6. The standard InChI is InChI=1S/C23H20F6N2S2/c24-22(25,26)21(23(27,28)29,15-1-5-19(6-2-15)32-11-9-17(30)13-32)16-3-7-20(8-4-16)33-12-10-18(31)14-33/h1-14,32-33H,30-31H2. The molecule has 0 saturated heterocycles. The molecule has 0 aromatic heterocycles. The third-order valence-electron chi connectivity index (χ3n) is 5.48. The normalized spacial score (nSPS) is 23.0. The van der Waals surface area contributed by atoms with Crippen molar-refractivity contribution in [2.24, 2.45) is 11.5 Å². The highest BCUT2D eigenvalue weighted by Crippen LogP contribution is 2.57. The van der Waals surface area contributed by atoms with E-state index < -0.39 is 50.7 Å². The number of hydrogen-bond acceptors (Lipinski definition) is 2. The van der Waals surface area contributed by atoms with Crippen molar-refractivity contribution in [1.82, 2.24) is 0 Å². The molecular weight excluding hydrogens is 482 g/mol. The number of nitrogens with two attached hydrogens (primary N) is 2. The van der Waals surface area contributed by atoms with E-state index in [1.807, 2.05) is 0 Å². The molecule has 176 valence electrons. The Bertz CT molecular complexity index is 1070. The third kappa shape index (κ3) is 4.06. The number of thiol groups is 2. The van der Waals surface area contributed by atoms with Gasteiger partial charge in [-0.15, -0.1) is 0 Å². The van der Waals surface area contributed by atoms with Gasteiger partial charge in [0.25, 0.3) is 0 Å². The van der Waals surface area contributed by atoms with Gasteiger partial charge in [0.15, 0.2) is 0 Å². The molecular formula is C23H20F6N2S2. The van der Waals surface area contributed by atoms with Crippen LogP contribution in [0.25, 0.3) is 0 Å². The molecule has 0 fully saturated rings. The molecule has 0 bridgehead atoms. The smallest absolute Gasteiger partial charge is 0.398 e. The summed E-state index contributed by atoms with van der Waals surface area (Å²) in [4.78, 5) is 1.22. The molecule has 2 unspecified atom stereocenters. The lowest BCUT2D eigenvalue weighted by Gasteiger charge is -2.38. The highest BCUT2D eigenvalue weighted by molar-refractivity contribution is 8.22. The summed E-state index contributed by atoms with van der Waals surface area (Å²) in [5.41, 5.74) is 6.48. The molecule has 2 aliphatic rings. The zero-order chi connectivity index (χ0) is 24.0. The van der Waals surface area contributed by atoms with Crippen LogP contribution >= 0.6 is 21.8 Å². The minimum absolute atomic E-state index is 0.514. The number of rotatable bonds is 4. The SMILES string of the molecule is NC1=C[SH](c2ccc(C(c3ccc([SH]4C=CC(N)=C4)cc3)(C(F)(F)F)C(F)(F)F)cc2)C=C1. The minimum atomic E-state index is -5.62. The van der Waals surface area contributed by atoms with Gasteiger partial charge in [0.1, 0.15) is 0 Å². The van der Waals surface area contributed by atoms with E-state index in [0.717, 1.165) is 24.3 Å². The van der Waals surface area contributed by atoms with Crippen LogP contribution in [0.2, 0.25) is 0 Å². The number of hydrogen-bond donors (Lipinski definition) is 4. The number of allylic oxidation sites excluding steroid dienone is 2. The summed E-state index contributed by atoms with van der Waals surface area (Å²) in [7, 11) is -2.00. The number of benzene rings is 2. The first-order chi connectivity index (χ1) is 15.4. The molecule has 0 saturated carbocycles. The van der Waals surface area contributed by atoms with Crippen molar-refractivity contribution in [3.63, 3.8) is 0 Å². The quantitative estimate of drug-likeness (QED) is 0.286. The summed E-state index contributed by atoms with van der Waals surface area (Å²) in [5.74, 6) is 0. The maximum Gasteiger partial charge on any atom is 0.411 e. The molecule has 2 nitrogen and oxygen atoms in total. The highest BCUT2D eigenvalue weighted by Gasteiger charge is 2.72. The van der Waals surface area contributed by atoms with Crippen molar-refractivity contribution in [1.29, 1.82) is 0 Å². The Morgan fingerprint density at radius 3 is 1.12 bits per heavy atom. The predicted molar refractivity (Wildman–Crippen MR) is 123 cm³/mol. The predicted octanol–water partition coefficient (Wildman–Crippen LogP) is 6.47. The van der Waals surface area contributed by atoms with Crippen LogP contribution in [0, 0.1) is 0 Å². The lowest BCUT2D eigenvalue weighted by molar-refractivity contribution is -0.288. The van der Waals surface area contributed by atoms with Gasteiger partial charge in [0.2, 0.25) is 5.41 Å². The van der Waals surface area contributed by atoms with Gasteiger partial charge < -0.3 is 11.5 Å². The summed E-state index contributed by atoms with van der Waals surface area (Å²) in [6.45, 7) is 0. The van der Waals surface area contributed by atoms with Gasteiger partial charge in [-0.1, -0.05) is 24.3 Å². The molecule has 10 heteroatoms. The summed E-state index contributed by atoms with van der Waals surface area (Å²) in [6.07, 6.45) is -7.91. The average Bonchev–Trinajstić information content (AvgIpc) is 3.36. The van der Waals surface area contributed by atoms with E-state index in [-0.39, 0.29) is 0 Å². The summed E-state index contributed by atoms with van der Waals surface area (Å²) >= 11 is 0. The Morgan fingerprint density at radius 2 is 0.879 bits per heavy atom. The number of alkyl halides is 6. The van der Waals surface area contributed by atoms with Gasteiger partial charge in [0.05, 0.1) is 0 Å². The van der Waals surface area contributed by atoms with E-state index in [2.05, 4.69) is 0 Å². The molecule has 4 rings (SSSR count). The summed E-state index contributed by atoms with van der Waals surface area (Å²) < 4.78 is 86.2. The van der Waals surface area contributed by atoms with Crippen molar-refractivity contribution < 1.29 is 26.3 Å². The van der Waals surface area contributed by atoms with Gasteiger partial charge in [0, 0.05) is 11.4 Å². The van der Waals surface area contributed by atoms with E-state index in [4.69, 9.17) is 11.5 Å². The molecule has 0 amide bonds. The first-order valence-electron chi connectivity index (χ1n) is 9.66. The van der Waals surface area contributed by atoms with E-state index >= 15 is 0 Å². The fraction of sp³-hybridized carbons (Fsp3) is 0.130. The van der Waals surface area contributed by atoms with Crippen LogP contribution in [0.15, 0.2) is 104 Å². The summed E-state index contributed by atoms with van der Waals surface area (Å²) in [5, 5.41) is 7.06.